The van der Waals surface area contributed by atoms with Gasteiger partial charge in [-0.25, -0.2) is 0 Å². The zero-order chi connectivity index (χ0) is 23.1. The van der Waals surface area contributed by atoms with Gasteiger partial charge in [-0.1, -0.05) is 41.5 Å². The molecule has 168 valence electrons. The van der Waals surface area contributed by atoms with E-state index >= 15 is 0 Å². The third-order valence-electron chi connectivity index (χ3n) is 5.46. The molecule has 0 amide bonds. The molecular formula is C24H32N2O5. The number of aliphatic carboxylic acids is 1. The maximum atomic E-state index is 12.2. The summed E-state index contributed by atoms with van der Waals surface area (Å²) < 4.78 is 10.7. The van der Waals surface area contributed by atoms with Gasteiger partial charge in [0.25, 0.3) is 0 Å². The summed E-state index contributed by atoms with van der Waals surface area (Å²) in [6.07, 6.45) is 0. The number of benzene rings is 2. The minimum atomic E-state index is -1.01. The summed E-state index contributed by atoms with van der Waals surface area (Å²) in [6.45, 7) is 12.3. The van der Waals surface area contributed by atoms with Crippen LogP contribution in [-0.4, -0.2) is 23.0 Å². The Kier molecular flexibility index (Phi) is 5.84. The standard InChI is InChI=1S/C24H32N2O5/c1-23(2,3)15-7-13(8-16(21(15)27)24(4,5)6)20(22(28)29)26-11-14-9-18-19(10-17(14)25)31-12-30-18/h7-10,20,26-27H,11-12,25H2,1-6H3,(H,28,29). The minimum Gasteiger partial charge on any atom is -0.507 e. The maximum absolute atomic E-state index is 12.2. The molecule has 1 unspecified atom stereocenters. The van der Waals surface area contributed by atoms with Crippen molar-refractivity contribution in [2.45, 2.75) is 65.0 Å². The molecule has 2 aromatic carbocycles. The largest absolute Gasteiger partial charge is 0.507 e. The van der Waals surface area contributed by atoms with E-state index in [1.54, 1.807) is 24.3 Å². The smallest absolute Gasteiger partial charge is 0.325 e. The van der Waals surface area contributed by atoms with Crippen LogP contribution in [0.1, 0.15) is 69.8 Å². The zero-order valence-electron chi connectivity index (χ0n) is 19.0. The van der Waals surface area contributed by atoms with Crippen LogP contribution >= 0.6 is 0 Å². The van der Waals surface area contributed by atoms with Gasteiger partial charge in [0, 0.05) is 18.3 Å². The normalized spacial score (nSPS) is 14.5. The van der Waals surface area contributed by atoms with E-state index < -0.39 is 12.0 Å². The van der Waals surface area contributed by atoms with Gasteiger partial charge in [-0.05, 0) is 51.3 Å². The van der Waals surface area contributed by atoms with Gasteiger partial charge in [-0.15, -0.1) is 0 Å². The summed E-state index contributed by atoms with van der Waals surface area (Å²) in [5.74, 6) is 0.379. The van der Waals surface area contributed by atoms with Gasteiger partial charge in [-0.2, -0.15) is 0 Å². The first-order chi connectivity index (χ1) is 14.3. The number of carboxylic acids is 1. The van der Waals surface area contributed by atoms with Crippen LogP contribution < -0.4 is 20.5 Å². The molecular weight excluding hydrogens is 396 g/mol. The highest BCUT2D eigenvalue weighted by atomic mass is 16.7. The number of hydrogen-bond acceptors (Lipinski definition) is 6. The fraction of sp³-hybridized carbons (Fsp3) is 0.458. The number of fused-ring (bicyclic) bond motifs is 1. The van der Waals surface area contributed by atoms with Crippen LogP contribution in [-0.2, 0) is 22.2 Å². The Morgan fingerprint density at radius 1 is 1.03 bits per heavy atom. The number of ether oxygens (including phenoxy) is 2. The number of phenols is 1. The molecule has 0 aliphatic carbocycles. The van der Waals surface area contributed by atoms with Crippen LogP contribution in [0, 0.1) is 0 Å². The molecule has 0 saturated carbocycles. The molecule has 0 fully saturated rings. The van der Waals surface area contributed by atoms with Gasteiger partial charge in [0.15, 0.2) is 11.5 Å². The van der Waals surface area contributed by atoms with E-state index in [-0.39, 0.29) is 29.9 Å². The molecule has 31 heavy (non-hydrogen) atoms. The summed E-state index contributed by atoms with van der Waals surface area (Å²) in [6, 6.07) is 6.03. The Morgan fingerprint density at radius 2 is 1.55 bits per heavy atom. The number of anilines is 1. The molecule has 0 radical (unpaired) electrons. The van der Waals surface area contributed by atoms with Crippen molar-refractivity contribution < 1.29 is 24.5 Å². The van der Waals surface area contributed by atoms with Gasteiger partial charge in [0.05, 0.1) is 0 Å². The molecule has 3 rings (SSSR count). The van der Waals surface area contributed by atoms with Crippen molar-refractivity contribution in [3.63, 3.8) is 0 Å². The number of carboxylic acid groups (broad SMARTS) is 1. The second-order valence-corrected chi connectivity index (χ2v) is 10.0. The lowest BCUT2D eigenvalue weighted by atomic mass is 9.77. The molecule has 0 aromatic heterocycles. The van der Waals surface area contributed by atoms with E-state index in [0.29, 0.717) is 33.9 Å². The first kappa shape index (κ1) is 22.7. The monoisotopic (exact) mass is 428 g/mol. The Bertz CT molecular complexity index is 967. The average molecular weight is 429 g/mol. The maximum Gasteiger partial charge on any atom is 0.325 e. The van der Waals surface area contributed by atoms with Crippen molar-refractivity contribution in [3.8, 4) is 17.2 Å². The summed E-state index contributed by atoms with van der Waals surface area (Å²) in [5.41, 5.74) is 8.64. The average Bonchev–Trinajstić information content (AvgIpc) is 3.07. The highest BCUT2D eigenvalue weighted by molar-refractivity contribution is 5.76. The molecule has 0 saturated heterocycles. The Morgan fingerprint density at radius 3 is 2.03 bits per heavy atom. The third-order valence-corrected chi connectivity index (χ3v) is 5.46. The Hall–Kier alpha value is -2.93. The second-order valence-electron chi connectivity index (χ2n) is 10.0. The van der Waals surface area contributed by atoms with Crippen molar-refractivity contribution in [3.05, 3.63) is 46.5 Å². The molecule has 2 aromatic rings. The molecule has 0 bridgehead atoms. The van der Waals surface area contributed by atoms with Crippen LogP contribution in [0.25, 0.3) is 0 Å². The van der Waals surface area contributed by atoms with E-state index in [4.69, 9.17) is 15.2 Å². The Labute approximate surface area is 183 Å². The van der Waals surface area contributed by atoms with Crippen LogP contribution in [0.2, 0.25) is 0 Å². The van der Waals surface area contributed by atoms with Crippen LogP contribution in [0.4, 0.5) is 5.69 Å². The first-order valence-electron chi connectivity index (χ1n) is 10.3. The number of phenolic OH excluding ortho intramolecular Hbond substituents is 1. The van der Waals surface area contributed by atoms with Crippen molar-refractivity contribution in [1.29, 1.82) is 0 Å². The number of nitrogens with two attached hydrogens (primary N) is 1. The third kappa shape index (κ3) is 4.71. The van der Waals surface area contributed by atoms with E-state index in [1.807, 2.05) is 41.5 Å². The fourth-order valence-electron chi connectivity index (χ4n) is 3.68. The van der Waals surface area contributed by atoms with Crippen LogP contribution in [0.3, 0.4) is 0 Å². The van der Waals surface area contributed by atoms with E-state index in [1.165, 1.54) is 0 Å². The fourth-order valence-corrected chi connectivity index (χ4v) is 3.68. The topological polar surface area (TPSA) is 114 Å². The van der Waals surface area contributed by atoms with E-state index in [9.17, 15) is 15.0 Å². The molecule has 5 N–H and O–H groups in total. The van der Waals surface area contributed by atoms with Gasteiger partial charge in [0.1, 0.15) is 11.8 Å². The van der Waals surface area contributed by atoms with Crippen molar-refractivity contribution in [2.75, 3.05) is 12.5 Å². The minimum absolute atomic E-state index is 0.141. The SMILES string of the molecule is CC(C)(C)c1cc(C(NCc2cc3c(cc2N)OCO3)C(=O)O)cc(C(C)(C)C)c1O. The van der Waals surface area contributed by atoms with Gasteiger partial charge >= 0.3 is 5.97 Å². The Balaban J connectivity index is 1.99. The molecule has 1 aliphatic rings. The van der Waals surface area contributed by atoms with Crippen molar-refractivity contribution in [1.82, 2.24) is 5.32 Å². The zero-order valence-corrected chi connectivity index (χ0v) is 19.0. The number of nitrogen functional groups attached to an aromatic ring is 1. The number of aromatic hydroxyl groups is 1. The van der Waals surface area contributed by atoms with E-state index in [0.717, 1.165) is 5.56 Å². The second kappa shape index (κ2) is 7.96. The van der Waals surface area contributed by atoms with E-state index in [2.05, 4.69) is 5.32 Å². The predicted octanol–water partition coefficient (Wildman–Crippen LogP) is 4.21. The summed E-state index contributed by atoms with van der Waals surface area (Å²) >= 11 is 0. The first-order valence-corrected chi connectivity index (χ1v) is 10.3. The summed E-state index contributed by atoms with van der Waals surface area (Å²) in [7, 11) is 0. The van der Waals surface area contributed by atoms with Gasteiger partial charge in [-0.3, -0.25) is 10.1 Å². The van der Waals surface area contributed by atoms with Crippen molar-refractivity contribution >= 4 is 11.7 Å². The quantitative estimate of drug-likeness (QED) is 0.527. The number of nitrogens with one attached hydrogen (secondary N) is 1. The highest BCUT2D eigenvalue weighted by Gasteiger charge is 2.30. The lowest BCUT2D eigenvalue weighted by molar-refractivity contribution is -0.139. The lowest BCUT2D eigenvalue weighted by Gasteiger charge is -2.29. The van der Waals surface area contributed by atoms with Crippen LogP contribution in [0.15, 0.2) is 24.3 Å². The van der Waals surface area contributed by atoms with Crippen LogP contribution in [0.5, 0.6) is 17.2 Å². The molecule has 1 heterocycles. The molecule has 1 aliphatic heterocycles. The molecule has 7 nitrogen and oxygen atoms in total. The number of rotatable bonds is 5. The lowest BCUT2D eigenvalue weighted by Crippen LogP contribution is -2.29. The van der Waals surface area contributed by atoms with Gasteiger partial charge in [0.2, 0.25) is 6.79 Å². The summed E-state index contributed by atoms with van der Waals surface area (Å²) in [5, 5.41) is 24.0. The molecule has 0 spiro atoms. The van der Waals surface area contributed by atoms with Gasteiger partial charge < -0.3 is 25.4 Å². The number of hydrogen-bond donors (Lipinski definition) is 4. The van der Waals surface area contributed by atoms with Crippen molar-refractivity contribution in [2.24, 2.45) is 0 Å². The molecule has 7 heteroatoms. The predicted molar refractivity (Wildman–Crippen MR) is 120 cm³/mol. The summed E-state index contributed by atoms with van der Waals surface area (Å²) in [4.78, 5) is 12.2. The molecule has 1 atom stereocenters. The highest BCUT2D eigenvalue weighted by Crippen LogP contribution is 2.41. The number of carbonyl (C=O) groups is 1.